The van der Waals surface area contributed by atoms with E-state index >= 15 is 0 Å². The number of nitrogens with one attached hydrogen (secondary N) is 1. The molecule has 0 aliphatic heterocycles. The summed E-state index contributed by atoms with van der Waals surface area (Å²) in [5, 5.41) is 4.37. The van der Waals surface area contributed by atoms with Crippen LogP contribution in [0.3, 0.4) is 0 Å². The largest absolute Gasteiger partial charge is 0.416 e. The number of hydrogen-bond donors (Lipinski definition) is 1. The Kier molecular flexibility index (Phi) is 5.48. The van der Waals surface area contributed by atoms with Crippen molar-refractivity contribution in [2.45, 2.75) is 36.4 Å². The maximum absolute atomic E-state index is 12.9. The summed E-state index contributed by atoms with van der Waals surface area (Å²) < 4.78 is 68.3. The van der Waals surface area contributed by atoms with Gasteiger partial charge in [0.25, 0.3) is 0 Å². The van der Waals surface area contributed by atoms with Crippen LogP contribution in [0.5, 0.6) is 0 Å². The van der Waals surface area contributed by atoms with Crippen molar-refractivity contribution < 1.29 is 21.6 Å². The topological polar surface area (TPSA) is 86.0 Å². The molecule has 0 radical (unpaired) electrons. The summed E-state index contributed by atoms with van der Waals surface area (Å²) in [5.74, 6) is 0.799. The number of nitrogens with zero attached hydrogens (tertiary/aromatic N) is 3. The van der Waals surface area contributed by atoms with Crippen LogP contribution in [0.2, 0.25) is 0 Å². The maximum atomic E-state index is 12.9. The van der Waals surface area contributed by atoms with E-state index in [0.717, 1.165) is 31.0 Å². The lowest BCUT2D eigenvalue weighted by Crippen LogP contribution is -2.32. The molecule has 0 spiro atoms. The number of aromatic nitrogens is 3. The average Bonchev–Trinajstić information content (AvgIpc) is 3.53. The maximum Gasteiger partial charge on any atom is 0.416 e. The summed E-state index contributed by atoms with van der Waals surface area (Å²) in [7, 11) is -4.19. The molecule has 0 unspecified atom stereocenters. The average molecular weight is 452 g/mol. The normalized spacial score (nSPS) is 14.7. The van der Waals surface area contributed by atoms with Crippen molar-refractivity contribution in [2.75, 3.05) is 6.54 Å². The fourth-order valence-corrected chi connectivity index (χ4v) is 4.27. The molecular formula is C20H19F3N4O3S. The van der Waals surface area contributed by atoms with E-state index in [0.29, 0.717) is 17.6 Å². The van der Waals surface area contributed by atoms with Crippen LogP contribution >= 0.6 is 0 Å². The zero-order valence-corrected chi connectivity index (χ0v) is 17.0. The summed E-state index contributed by atoms with van der Waals surface area (Å²) in [4.78, 5) is 12.4. The molecule has 11 heteroatoms. The molecule has 0 saturated heterocycles. The summed E-state index contributed by atoms with van der Waals surface area (Å²) in [6, 6.07) is 12.5. The number of para-hydroxylation sites is 1. The minimum absolute atomic E-state index is 0.0589. The monoisotopic (exact) mass is 452 g/mol. The Balaban J connectivity index is 1.52. The third-order valence-corrected chi connectivity index (χ3v) is 6.37. The van der Waals surface area contributed by atoms with Crippen LogP contribution < -0.4 is 10.4 Å². The third kappa shape index (κ3) is 4.57. The van der Waals surface area contributed by atoms with Crippen LogP contribution in [-0.2, 0) is 22.7 Å². The van der Waals surface area contributed by atoms with Gasteiger partial charge in [0.05, 0.1) is 22.7 Å². The molecule has 2 aromatic carbocycles. The molecule has 31 heavy (non-hydrogen) atoms. The molecule has 4 rings (SSSR count). The fourth-order valence-electron chi connectivity index (χ4n) is 3.20. The molecule has 164 valence electrons. The minimum atomic E-state index is -4.65. The highest BCUT2D eigenvalue weighted by atomic mass is 32.2. The SMILES string of the molecule is O=c1n(CCNS(=O)(=O)c2cccc(C(F)(F)F)c2)nc(C2CC2)n1-c1ccccc1. The molecule has 1 N–H and O–H groups in total. The predicted octanol–water partition coefficient (Wildman–Crippen LogP) is 2.91. The van der Waals surface area contributed by atoms with Gasteiger partial charge in [0.2, 0.25) is 10.0 Å². The zero-order valence-electron chi connectivity index (χ0n) is 16.2. The van der Waals surface area contributed by atoms with Crippen LogP contribution in [0.4, 0.5) is 13.2 Å². The quantitative estimate of drug-likeness (QED) is 0.597. The highest BCUT2D eigenvalue weighted by Gasteiger charge is 2.32. The van der Waals surface area contributed by atoms with Gasteiger partial charge in [-0.2, -0.15) is 18.3 Å². The number of alkyl halides is 3. The first kappa shape index (κ1) is 21.3. The van der Waals surface area contributed by atoms with Gasteiger partial charge < -0.3 is 0 Å². The zero-order chi connectivity index (χ0) is 22.2. The summed E-state index contributed by atoms with van der Waals surface area (Å²) in [5.41, 5.74) is -0.779. The Bertz CT molecular complexity index is 1250. The Hall–Kier alpha value is -2.92. The van der Waals surface area contributed by atoms with Crippen molar-refractivity contribution in [3.8, 4) is 5.69 Å². The van der Waals surface area contributed by atoms with Crippen LogP contribution in [-0.4, -0.2) is 29.3 Å². The molecular weight excluding hydrogens is 433 g/mol. The van der Waals surface area contributed by atoms with E-state index in [-0.39, 0.29) is 19.0 Å². The second-order valence-electron chi connectivity index (χ2n) is 7.23. The Morgan fingerprint density at radius 3 is 2.42 bits per heavy atom. The second kappa shape index (κ2) is 7.97. The number of benzene rings is 2. The summed E-state index contributed by atoms with van der Waals surface area (Å²) in [6.07, 6.45) is -2.81. The van der Waals surface area contributed by atoms with Gasteiger partial charge in [-0.25, -0.2) is 27.2 Å². The van der Waals surface area contributed by atoms with Gasteiger partial charge in [-0.15, -0.1) is 0 Å². The smallest absolute Gasteiger partial charge is 0.247 e. The molecule has 3 aromatic rings. The van der Waals surface area contributed by atoms with E-state index < -0.39 is 32.3 Å². The molecule has 0 bridgehead atoms. The molecule has 1 fully saturated rings. The van der Waals surface area contributed by atoms with E-state index in [9.17, 15) is 26.4 Å². The first-order valence-corrected chi connectivity index (χ1v) is 11.1. The number of halogens is 3. The predicted molar refractivity (Wildman–Crippen MR) is 106 cm³/mol. The highest BCUT2D eigenvalue weighted by Crippen LogP contribution is 2.39. The highest BCUT2D eigenvalue weighted by molar-refractivity contribution is 7.89. The fraction of sp³-hybridized carbons (Fsp3) is 0.300. The lowest BCUT2D eigenvalue weighted by molar-refractivity contribution is -0.137. The third-order valence-electron chi connectivity index (χ3n) is 4.91. The van der Waals surface area contributed by atoms with E-state index in [1.54, 1.807) is 24.3 Å². The van der Waals surface area contributed by atoms with Gasteiger partial charge in [0.15, 0.2) is 0 Å². The van der Waals surface area contributed by atoms with Crippen molar-refractivity contribution in [3.63, 3.8) is 0 Å². The van der Waals surface area contributed by atoms with Gasteiger partial charge in [0.1, 0.15) is 5.82 Å². The lowest BCUT2D eigenvalue weighted by Gasteiger charge is -2.10. The van der Waals surface area contributed by atoms with Crippen molar-refractivity contribution in [1.29, 1.82) is 0 Å². The molecule has 0 amide bonds. The van der Waals surface area contributed by atoms with Gasteiger partial charge >= 0.3 is 11.9 Å². The first-order chi connectivity index (χ1) is 14.7. The number of rotatable bonds is 7. The second-order valence-corrected chi connectivity index (χ2v) is 9.00. The van der Waals surface area contributed by atoms with Crippen LogP contribution in [0, 0.1) is 0 Å². The van der Waals surface area contributed by atoms with Crippen LogP contribution in [0.25, 0.3) is 5.69 Å². The Morgan fingerprint density at radius 2 is 1.77 bits per heavy atom. The molecule has 0 atom stereocenters. The molecule has 1 aliphatic rings. The van der Waals surface area contributed by atoms with E-state index in [1.165, 1.54) is 9.25 Å². The van der Waals surface area contributed by atoms with E-state index in [1.807, 2.05) is 6.07 Å². The van der Waals surface area contributed by atoms with Gasteiger partial charge in [-0.3, -0.25) is 0 Å². The van der Waals surface area contributed by atoms with Gasteiger partial charge in [0, 0.05) is 12.5 Å². The van der Waals surface area contributed by atoms with Crippen molar-refractivity contribution in [1.82, 2.24) is 19.1 Å². The number of sulfonamides is 1. The Morgan fingerprint density at radius 1 is 1.06 bits per heavy atom. The van der Waals surface area contributed by atoms with Crippen molar-refractivity contribution >= 4 is 10.0 Å². The van der Waals surface area contributed by atoms with Crippen LogP contribution in [0.1, 0.15) is 30.1 Å². The molecule has 1 aliphatic carbocycles. The lowest BCUT2D eigenvalue weighted by atomic mass is 10.2. The van der Waals surface area contributed by atoms with E-state index in [4.69, 9.17) is 0 Å². The standard InChI is InChI=1S/C20H19F3N4O3S/c21-20(22,23)15-5-4-8-17(13-15)31(29,30)24-11-12-26-19(28)27(16-6-2-1-3-7-16)18(25-26)14-9-10-14/h1-8,13-14,24H,9-12H2. The van der Waals surface area contributed by atoms with Gasteiger partial charge in [-0.1, -0.05) is 24.3 Å². The summed E-state index contributed by atoms with van der Waals surface area (Å²) in [6.45, 7) is -0.259. The van der Waals surface area contributed by atoms with Crippen molar-refractivity contribution in [3.05, 3.63) is 76.5 Å². The van der Waals surface area contributed by atoms with Crippen LogP contribution in [0.15, 0.2) is 64.3 Å². The van der Waals surface area contributed by atoms with Gasteiger partial charge in [-0.05, 0) is 43.2 Å². The van der Waals surface area contributed by atoms with Crippen molar-refractivity contribution in [2.24, 2.45) is 0 Å². The van der Waals surface area contributed by atoms with E-state index in [2.05, 4.69) is 9.82 Å². The first-order valence-electron chi connectivity index (χ1n) is 9.59. The Labute approximate surface area is 176 Å². The summed E-state index contributed by atoms with van der Waals surface area (Å²) >= 11 is 0. The molecule has 7 nitrogen and oxygen atoms in total. The molecule has 1 heterocycles. The molecule has 1 saturated carbocycles. The minimum Gasteiger partial charge on any atom is -0.247 e. The number of hydrogen-bond acceptors (Lipinski definition) is 4. The molecule has 1 aromatic heterocycles.